The molecule has 0 aliphatic heterocycles. The third-order valence-corrected chi connectivity index (χ3v) is 9.19. The topological polar surface area (TPSA) is 62.5 Å². The number of terminal acetylenes is 1. The van der Waals surface area contributed by atoms with Crippen LogP contribution in [0.2, 0.25) is 0 Å². The molecule has 0 aromatic rings. The number of hydrogen-bond donors (Lipinski definition) is 1. The molecule has 2 unspecified atom stereocenters. The molecule has 1 N–H and O–H groups in total. The lowest BCUT2D eigenvalue weighted by atomic mass is 9.78. The Morgan fingerprint density at radius 3 is 2.40 bits per heavy atom. The quantitative estimate of drug-likeness (QED) is 0.0701. The lowest BCUT2D eigenvalue weighted by Crippen LogP contribution is -2.26. The van der Waals surface area contributed by atoms with Gasteiger partial charge in [0.15, 0.2) is 5.78 Å². The van der Waals surface area contributed by atoms with Gasteiger partial charge < -0.3 is 10.1 Å². The van der Waals surface area contributed by atoms with Crippen molar-refractivity contribution in [3.63, 3.8) is 0 Å². The molecular formula is C37H46F6N2O2. The molecule has 1 saturated carbocycles. The van der Waals surface area contributed by atoms with Gasteiger partial charge in [-0.25, -0.2) is 0 Å². The summed E-state index contributed by atoms with van der Waals surface area (Å²) in [6, 6.07) is 0.00179. The van der Waals surface area contributed by atoms with Crippen molar-refractivity contribution in [2.24, 2.45) is 22.7 Å². The van der Waals surface area contributed by atoms with E-state index in [4.69, 9.17) is 16.6 Å². The summed E-state index contributed by atoms with van der Waals surface area (Å²) in [6.45, 7) is 3.72. The first-order chi connectivity index (χ1) is 22.2. The van der Waals surface area contributed by atoms with Gasteiger partial charge in [0.2, 0.25) is 0 Å². The van der Waals surface area contributed by atoms with Gasteiger partial charge in [0.25, 0.3) is 0 Å². The molecule has 0 radical (unpaired) electrons. The van der Waals surface area contributed by atoms with Crippen LogP contribution in [-0.2, 0) is 9.53 Å². The number of nitrogens with one attached hydrogen (secondary N) is 1. The first-order valence-electron chi connectivity index (χ1n) is 16.5. The molecule has 0 amide bonds. The van der Waals surface area contributed by atoms with Gasteiger partial charge in [0.05, 0.1) is 18.9 Å². The van der Waals surface area contributed by atoms with Gasteiger partial charge in [0, 0.05) is 16.9 Å². The van der Waals surface area contributed by atoms with Crippen molar-refractivity contribution in [1.82, 2.24) is 0 Å². The third kappa shape index (κ3) is 12.7. The first-order valence-corrected chi connectivity index (χ1v) is 16.5. The lowest BCUT2D eigenvalue weighted by molar-refractivity contribution is -0.150. The minimum Gasteiger partial charge on any atom is -0.373 e. The molecule has 0 aromatic carbocycles. The zero-order valence-electron chi connectivity index (χ0n) is 27.3. The van der Waals surface area contributed by atoms with E-state index in [-0.39, 0.29) is 54.4 Å². The maximum absolute atomic E-state index is 13.4. The van der Waals surface area contributed by atoms with E-state index in [1.807, 2.05) is 6.92 Å². The van der Waals surface area contributed by atoms with E-state index >= 15 is 0 Å². The van der Waals surface area contributed by atoms with Crippen LogP contribution < -0.4 is 0 Å². The van der Waals surface area contributed by atoms with Crippen LogP contribution in [0.5, 0.6) is 0 Å². The fourth-order valence-electron chi connectivity index (χ4n) is 6.38. The van der Waals surface area contributed by atoms with Gasteiger partial charge in [-0.3, -0.25) is 9.79 Å². The standard InChI is InChI=1S/C37H46F6N2O2/c1-4-29-15-16-30(21-34(29)37(41,42)43)35(44)20-27-10-12-28(13-11-27)23-47-24-33(46)22-45-32-8-6-7-26(14-18-32)19-25(3)9-17-31(5-2)36(38,39)40/h1,7,9,15,17,21-22,27-28,32,34,44H,5-6,8,10-14,16,18-20,23-24H2,2-3H3. The van der Waals surface area contributed by atoms with Crippen molar-refractivity contribution in [2.45, 2.75) is 109 Å². The Labute approximate surface area is 274 Å². The zero-order valence-corrected chi connectivity index (χ0v) is 27.3. The van der Waals surface area contributed by atoms with Crippen LogP contribution in [0, 0.1) is 35.5 Å². The second kappa shape index (κ2) is 17.8. The maximum atomic E-state index is 13.4. The highest BCUT2D eigenvalue weighted by Crippen LogP contribution is 2.38. The fraction of sp³-hybridized carbons (Fsp3) is 0.595. The Bertz CT molecular complexity index is 1330. The molecule has 2 atom stereocenters. The molecule has 47 heavy (non-hydrogen) atoms. The summed E-state index contributed by atoms with van der Waals surface area (Å²) < 4.78 is 84.8. The summed E-state index contributed by atoms with van der Waals surface area (Å²) in [7, 11) is 0. The van der Waals surface area contributed by atoms with E-state index in [0.29, 0.717) is 25.0 Å². The lowest BCUT2D eigenvalue weighted by Gasteiger charge is -2.29. The number of halogens is 6. The maximum Gasteiger partial charge on any atom is 0.412 e. The minimum absolute atomic E-state index is 0.00179. The molecule has 3 aliphatic carbocycles. The van der Waals surface area contributed by atoms with Gasteiger partial charge in [0.1, 0.15) is 12.5 Å². The second-order valence-corrected chi connectivity index (χ2v) is 12.9. The van der Waals surface area contributed by atoms with Crippen LogP contribution in [0.3, 0.4) is 0 Å². The van der Waals surface area contributed by atoms with Crippen LogP contribution in [0.25, 0.3) is 0 Å². The smallest absolute Gasteiger partial charge is 0.373 e. The van der Waals surface area contributed by atoms with E-state index in [1.54, 1.807) is 6.08 Å². The molecule has 0 aromatic heterocycles. The van der Waals surface area contributed by atoms with E-state index in [0.717, 1.165) is 69.1 Å². The Morgan fingerprint density at radius 2 is 1.77 bits per heavy atom. The molecule has 0 heterocycles. The van der Waals surface area contributed by atoms with Crippen molar-refractivity contribution in [2.75, 3.05) is 13.2 Å². The Kier molecular flexibility index (Phi) is 14.5. The number of alkyl halides is 6. The number of ether oxygens (including phenoxy) is 1. The summed E-state index contributed by atoms with van der Waals surface area (Å²) in [4.78, 5) is 16.9. The van der Waals surface area contributed by atoms with E-state index < -0.39 is 23.8 Å². The van der Waals surface area contributed by atoms with E-state index in [2.05, 4.69) is 17.0 Å². The van der Waals surface area contributed by atoms with Crippen LogP contribution in [-0.4, -0.2) is 49.3 Å². The van der Waals surface area contributed by atoms with E-state index in [1.165, 1.54) is 24.8 Å². The number of nitrogens with zero attached hydrogens (tertiary/aromatic N) is 1. The third-order valence-electron chi connectivity index (χ3n) is 9.19. The van der Waals surface area contributed by atoms with Crippen molar-refractivity contribution < 1.29 is 35.9 Å². The number of carbonyl (C=O) groups is 1. The van der Waals surface area contributed by atoms with Crippen LogP contribution in [0.1, 0.15) is 90.9 Å². The number of aliphatic imine (C=N–C) groups is 1. The summed E-state index contributed by atoms with van der Waals surface area (Å²) in [5.41, 5.74) is 2.04. The van der Waals surface area contributed by atoms with Gasteiger partial charge in [-0.05, 0) is 101 Å². The SMILES string of the molecule is C#CC1=CCC(C(=N)CC2CCC(COCC(=O)C=NC3CCC=C(CC(C)=CC=C(CC)C(F)(F)F)CC3)CC2)=CC1C(F)(F)F. The minimum atomic E-state index is -4.48. The highest BCUT2D eigenvalue weighted by molar-refractivity contribution is 6.28. The molecule has 1 fully saturated rings. The number of Topliss-reactive ketones (excluding diaryl/α,β-unsaturated/α-hetero) is 1. The average Bonchev–Trinajstić information content (AvgIpc) is 3.24. The summed E-state index contributed by atoms with van der Waals surface area (Å²) in [5.74, 6) is 0.616. The molecule has 0 spiro atoms. The number of hydrogen-bond acceptors (Lipinski definition) is 4. The van der Waals surface area contributed by atoms with E-state index in [9.17, 15) is 31.1 Å². The van der Waals surface area contributed by atoms with Crippen LogP contribution in [0.4, 0.5) is 26.3 Å². The van der Waals surface area contributed by atoms with Crippen LogP contribution >= 0.6 is 0 Å². The Morgan fingerprint density at radius 1 is 1.06 bits per heavy atom. The van der Waals surface area contributed by atoms with Gasteiger partial charge in [-0.1, -0.05) is 54.4 Å². The summed E-state index contributed by atoms with van der Waals surface area (Å²) >= 11 is 0. The molecule has 0 saturated heterocycles. The second-order valence-electron chi connectivity index (χ2n) is 12.9. The summed E-state index contributed by atoms with van der Waals surface area (Å²) in [5, 5.41) is 8.43. The molecule has 0 bridgehead atoms. The van der Waals surface area contributed by atoms with Gasteiger partial charge >= 0.3 is 12.4 Å². The van der Waals surface area contributed by atoms with Crippen LogP contribution in [0.15, 0.2) is 63.2 Å². The molecular weight excluding hydrogens is 618 g/mol. The Balaban J connectivity index is 1.34. The Hall–Kier alpha value is -3.19. The van der Waals surface area contributed by atoms with Crippen molar-refractivity contribution >= 4 is 17.7 Å². The average molecular weight is 665 g/mol. The highest BCUT2D eigenvalue weighted by atomic mass is 19.4. The number of carbonyl (C=O) groups excluding carboxylic acids is 1. The highest BCUT2D eigenvalue weighted by Gasteiger charge is 2.42. The molecule has 10 heteroatoms. The molecule has 4 nitrogen and oxygen atoms in total. The normalized spacial score (nSPS) is 25.0. The largest absolute Gasteiger partial charge is 0.412 e. The molecule has 3 aliphatic rings. The molecule has 258 valence electrons. The summed E-state index contributed by atoms with van der Waals surface area (Å²) in [6.07, 6.45) is 13.0. The first kappa shape index (κ1) is 38.3. The number of rotatable bonds is 13. The zero-order chi connectivity index (χ0) is 34.6. The predicted octanol–water partition coefficient (Wildman–Crippen LogP) is 10.0. The van der Waals surface area contributed by atoms with Crippen molar-refractivity contribution in [3.05, 3.63) is 58.2 Å². The van der Waals surface area contributed by atoms with Crippen molar-refractivity contribution in [1.29, 1.82) is 5.41 Å². The monoisotopic (exact) mass is 664 g/mol. The molecule has 3 rings (SSSR count). The number of allylic oxidation sites excluding steroid dienone is 10. The van der Waals surface area contributed by atoms with Crippen molar-refractivity contribution in [3.8, 4) is 12.3 Å². The van der Waals surface area contributed by atoms with Gasteiger partial charge in [-0.15, -0.1) is 6.42 Å². The van der Waals surface area contributed by atoms with Gasteiger partial charge in [-0.2, -0.15) is 26.3 Å². The number of ketones is 1. The predicted molar refractivity (Wildman–Crippen MR) is 174 cm³/mol. The fourth-order valence-corrected chi connectivity index (χ4v) is 6.38.